The highest BCUT2D eigenvalue weighted by Gasteiger charge is 2.52. The van der Waals surface area contributed by atoms with Crippen molar-refractivity contribution in [3.05, 3.63) is 257 Å². The molecule has 0 radical (unpaired) electrons. The average Bonchev–Trinajstić information content (AvgIpc) is 3.97. The Kier molecular flexibility index (Phi) is 9.00. The minimum Gasteiger partial charge on any atom is -0.309 e. The van der Waals surface area contributed by atoms with E-state index < -0.39 is 5.41 Å². The molecular weight excluding hydrogens is 831 g/mol. The number of anilines is 3. The summed E-state index contributed by atoms with van der Waals surface area (Å²) in [5.74, 6) is 0.613. The van der Waals surface area contributed by atoms with E-state index in [9.17, 15) is 0 Å². The molecule has 1 saturated carbocycles. The second-order valence-electron chi connectivity index (χ2n) is 20.5. The topological polar surface area (TPSA) is 3.24 Å². The highest BCUT2D eigenvalue weighted by Crippen LogP contribution is 2.64. The number of hydrogen-bond acceptors (Lipinski definition) is 1. The van der Waals surface area contributed by atoms with Gasteiger partial charge in [-0.1, -0.05) is 227 Å². The fourth-order valence-corrected chi connectivity index (χ4v) is 13.6. The first-order chi connectivity index (χ1) is 34.0. The zero-order valence-electron chi connectivity index (χ0n) is 39.3. The second kappa shape index (κ2) is 15.4. The Hall–Kier alpha value is -7.74. The summed E-state index contributed by atoms with van der Waals surface area (Å²) in [7, 11) is 0. The molecule has 1 heteroatoms. The van der Waals surface area contributed by atoms with Crippen molar-refractivity contribution in [1.82, 2.24) is 0 Å². The van der Waals surface area contributed by atoms with Gasteiger partial charge < -0.3 is 4.90 Å². The van der Waals surface area contributed by atoms with Gasteiger partial charge in [0.15, 0.2) is 0 Å². The maximum Gasteiger partial charge on any atom is 0.0726 e. The Labute approximate surface area is 406 Å². The van der Waals surface area contributed by atoms with Crippen LogP contribution in [0.2, 0.25) is 0 Å². The third-order valence-electron chi connectivity index (χ3n) is 16.7. The zero-order chi connectivity index (χ0) is 45.8. The molecule has 4 aliphatic rings. The van der Waals surface area contributed by atoms with Gasteiger partial charge in [0.2, 0.25) is 0 Å². The number of hydrogen-bond donors (Lipinski definition) is 0. The maximum absolute atomic E-state index is 2.62. The molecule has 69 heavy (non-hydrogen) atoms. The number of fused-ring (bicyclic) bond motifs is 14. The van der Waals surface area contributed by atoms with Gasteiger partial charge in [0.1, 0.15) is 0 Å². The monoisotopic (exact) mass is 883 g/mol. The van der Waals surface area contributed by atoms with Gasteiger partial charge in [-0.3, -0.25) is 0 Å². The van der Waals surface area contributed by atoms with E-state index in [1.165, 1.54) is 143 Å². The maximum atomic E-state index is 2.62. The van der Waals surface area contributed by atoms with Crippen LogP contribution >= 0.6 is 0 Å². The molecule has 1 fully saturated rings. The van der Waals surface area contributed by atoms with Gasteiger partial charge >= 0.3 is 0 Å². The number of benzene rings is 10. The first-order valence-electron chi connectivity index (χ1n) is 25.2. The van der Waals surface area contributed by atoms with Gasteiger partial charge in [0.25, 0.3) is 0 Å². The summed E-state index contributed by atoms with van der Waals surface area (Å²) in [6.45, 7) is 4.79. The molecule has 10 aromatic carbocycles. The molecule has 0 aliphatic heterocycles. The lowest BCUT2D eigenvalue weighted by Gasteiger charge is -2.34. The van der Waals surface area contributed by atoms with Crippen molar-refractivity contribution in [3.63, 3.8) is 0 Å². The first-order valence-corrected chi connectivity index (χ1v) is 25.2. The molecule has 0 unspecified atom stereocenters. The molecule has 0 atom stereocenters. The van der Waals surface area contributed by atoms with Crippen molar-refractivity contribution in [3.8, 4) is 55.6 Å². The molecule has 0 N–H and O–H groups in total. The smallest absolute Gasteiger partial charge is 0.0726 e. The van der Waals surface area contributed by atoms with Gasteiger partial charge in [-0.25, -0.2) is 0 Å². The summed E-state index contributed by atoms with van der Waals surface area (Å²) < 4.78 is 0. The molecular formula is C68H53N. The molecule has 330 valence electrons. The minimum atomic E-state index is -0.475. The lowest BCUT2D eigenvalue weighted by atomic mass is 9.70. The molecule has 0 aromatic heterocycles. The van der Waals surface area contributed by atoms with Crippen LogP contribution in [0.25, 0.3) is 66.4 Å². The molecule has 1 spiro atoms. The molecule has 1 nitrogen and oxygen atoms in total. The van der Waals surface area contributed by atoms with E-state index in [-0.39, 0.29) is 5.41 Å². The summed E-state index contributed by atoms with van der Waals surface area (Å²) in [4.78, 5) is 2.62. The van der Waals surface area contributed by atoms with Crippen LogP contribution in [-0.2, 0) is 10.8 Å². The van der Waals surface area contributed by atoms with Crippen molar-refractivity contribution in [2.45, 2.75) is 62.7 Å². The standard InChI is InChI=1S/C68H53N/c1-67(2)57-32-13-11-29-55(57)66-61(67)35-19-37-64(66)69(63-36-16-12-28-53(63)54-31-18-25-46-24-17-30-49(65(46)54)45-22-7-4-8-23-45)48-39-40-52-56-42-47(44-20-5-3-6-21-44)38-41-60(56)68(62(52)43-48)58-33-14-9-26-50(58)51-27-10-15-34-59(51)68/h4,7-19,22-44H,3,5-6,20-21H2,1-2H3. The van der Waals surface area contributed by atoms with E-state index >= 15 is 0 Å². The van der Waals surface area contributed by atoms with Crippen molar-refractivity contribution in [2.24, 2.45) is 0 Å². The minimum absolute atomic E-state index is 0.162. The van der Waals surface area contributed by atoms with Crippen LogP contribution in [0.15, 0.2) is 218 Å². The highest BCUT2D eigenvalue weighted by molar-refractivity contribution is 6.09. The van der Waals surface area contributed by atoms with Gasteiger partial charge in [-0.15, -0.1) is 0 Å². The lowest BCUT2D eigenvalue weighted by Crippen LogP contribution is -2.26. The molecule has 0 saturated heterocycles. The van der Waals surface area contributed by atoms with Crippen LogP contribution in [0.1, 0.15) is 90.8 Å². The Morgan fingerprint density at radius 2 is 0.942 bits per heavy atom. The molecule has 0 bridgehead atoms. The molecule has 14 rings (SSSR count). The van der Waals surface area contributed by atoms with Gasteiger partial charge in [-0.05, 0) is 137 Å². The first kappa shape index (κ1) is 40.3. The van der Waals surface area contributed by atoms with E-state index in [0.29, 0.717) is 5.92 Å². The predicted octanol–water partition coefficient (Wildman–Crippen LogP) is 18.3. The SMILES string of the molecule is CC1(C)c2ccccc2-c2c(N(c3ccc4c(c3)C3(c5ccccc5-c5ccccc53)c3ccc(C5CCCCC5)cc3-4)c3ccccc3-c3cccc4cccc(-c5ccccc5)c34)cccc21. The molecule has 4 aliphatic carbocycles. The van der Waals surface area contributed by atoms with E-state index in [2.05, 4.69) is 237 Å². The van der Waals surface area contributed by atoms with Crippen molar-refractivity contribution < 1.29 is 0 Å². The molecule has 0 heterocycles. The average molecular weight is 884 g/mol. The predicted molar refractivity (Wildman–Crippen MR) is 289 cm³/mol. The van der Waals surface area contributed by atoms with Crippen LogP contribution < -0.4 is 4.90 Å². The fourth-order valence-electron chi connectivity index (χ4n) is 13.6. The number of rotatable bonds is 6. The third kappa shape index (κ3) is 5.77. The summed E-state index contributed by atoms with van der Waals surface area (Å²) in [6, 6.07) is 83.4. The number of nitrogens with zero attached hydrogens (tertiary/aromatic N) is 1. The van der Waals surface area contributed by atoms with E-state index in [4.69, 9.17) is 0 Å². The summed E-state index contributed by atoms with van der Waals surface area (Å²) in [5, 5.41) is 2.49. The largest absolute Gasteiger partial charge is 0.309 e. The molecule has 0 amide bonds. The zero-order valence-corrected chi connectivity index (χ0v) is 39.3. The van der Waals surface area contributed by atoms with Crippen LogP contribution in [-0.4, -0.2) is 0 Å². The second-order valence-corrected chi connectivity index (χ2v) is 20.5. The molecule has 10 aromatic rings. The summed E-state index contributed by atoms with van der Waals surface area (Å²) >= 11 is 0. The Bertz CT molecular complexity index is 3650. The Balaban J connectivity index is 1.07. The summed E-state index contributed by atoms with van der Waals surface area (Å²) in [5.41, 5.74) is 25.5. The quantitative estimate of drug-likeness (QED) is 0.161. The van der Waals surface area contributed by atoms with E-state index in [1.54, 1.807) is 0 Å². The van der Waals surface area contributed by atoms with Crippen molar-refractivity contribution in [2.75, 3.05) is 4.90 Å². The lowest BCUT2D eigenvalue weighted by molar-refractivity contribution is 0.443. The van der Waals surface area contributed by atoms with Crippen LogP contribution in [0.5, 0.6) is 0 Å². The normalized spacial score (nSPS) is 15.6. The van der Waals surface area contributed by atoms with E-state index in [1.807, 2.05) is 0 Å². The Morgan fingerprint density at radius 3 is 1.70 bits per heavy atom. The Morgan fingerprint density at radius 1 is 0.377 bits per heavy atom. The fraction of sp³-hybridized carbons (Fsp3) is 0.147. The van der Waals surface area contributed by atoms with Crippen molar-refractivity contribution >= 4 is 27.8 Å². The van der Waals surface area contributed by atoms with E-state index in [0.717, 1.165) is 11.4 Å². The number of para-hydroxylation sites is 1. The van der Waals surface area contributed by atoms with Crippen LogP contribution in [0.3, 0.4) is 0 Å². The van der Waals surface area contributed by atoms with Crippen LogP contribution in [0.4, 0.5) is 17.1 Å². The highest BCUT2D eigenvalue weighted by atomic mass is 15.1. The van der Waals surface area contributed by atoms with Crippen molar-refractivity contribution in [1.29, 1.82) is 0 Å². The summed E-state index contributed by atoms with van der Waals surface area (Å²) in [6.07, 6.45) is 6.55. The van der Waals surface area contributed by atoms with Gasteiger partial charge in [-0.2, -0.15) is 0 Å². The third-order valence-corrected chi connectivity index (χ3v) is 16.7. The van der Waals surface area contributed by atoms with Crippen LogP contribution in [0, 0.1) is 0 Å². The van der Waals surface area contributed by atoms with Gasteiger partial charge in [0.05, 0.1) is 16.8 Å². The van der Waals surface area contributed by atoms with Gasteiger partial charge in [0, 0.05) is 22.2 Å².